The molecule has 3 rings (SSSR count). The summed E-state index contributed by atoms with van der Waals surface area (Å²) in [7, 11) is 0. The maximum atomic E-state index is 5.91. The van der Waals surface area contributed by atoms with Crippen LogP contribution in [0, 0.1) is 6.92 Å². The van der Waals surface area contributed by atoms with Crippen molar-refractivity contribution in [1.29, 1.82) is 0 Å². The summed E-state index contributed by atoms with van der Waals surface area (Å²) >= 11 is 1.82. The fourth-order valence-corrected chi connectivity index (χ4v) is 3.89. The number of rotatable bonds is 1. The van der Waals surface area contributed by atoms with E-state index in [1.54, 1.807) is 0 Å². The van der Waals surface area contributed by atoms with E-state index in [0.717, 1.165) is 13.2 Å². The molecule has 1 aromatic rings. The van der Waals surface area contributed by atoms with Gasteiger partial charge in [0, 0.05) is 11.9 Å². The van der Waals surface area contributed by atoms with Crippen LogP contribution in [0.3, 0.4) is 0 Å². The van der Waals surface area contributed by atoms with Gasteiger partial charge in [-0.15, -0.1) is 11.3 Å². The Bertz CT molecular complexity index is 361. The fourth-order valence-electron chi connectivity index (χ4n) is 3.04. The van der Waals surface area contributed by atoms with E-state index in [1.807, 2.05) is 11.3 Å². The zero-order valence-electron chi connectivity index (χ0n) is 9.82. The molecule has 0 amide bonds. The third-order valence-electron chi connectivity index (χ3n) is 3.87. The molecular formula is C13H19NOS. The molecule has 2 fully saturated rings. The van der Waals surface area contributed by atoms with Crippen LogP contribution in [-0.2, 0) is 4.74 Å². The number of nitrogens with zero attached hydrogens (tertiary/aromatic N) is 1. The molecule has 2 heterocycles. The lowest BCUT2D eigenvalue weighted by Gasteiger charge is -2.45. The Morgan fingerprint density at radius 2 is 2.19 bits per heavy atom. The van der Waals surface area contributed by atoms with Crippen molar-refractivity contribution in [2.24, 2.45) is 0 Å². The summed E-state index contributed by atoms with van der Waals surface area (Å²) in [5.74, 6) is 0. The molecule has 1 aliphatic carbocycles. The third-order valence-corrected chi connectivity index (χ3v) is 4.72. The molecule has 0 unspecified atom stereocenters. The highest BCUT2D eigenvalue weighted by Crippen LogP contribution is 2.34. The van der Waals surface area contributed by atoms with Crippen LogP contribution in [0.1, 0.15) is 31.2 Å². The van der Waals surface area contributed by atoms with Crippen molar-refractivity contribution in [3.63, 3.8) is 0 Å². The molecule has 0 radical (unpaired) electrons. The molecule has 1 saturated heterocycles. The van der Waals surface area contributed by atoms with E-state index >= 15 is 0 Å². The van der Waals surface area contributed by atoms with Crippen molar-refractivity contribution < 1.29 is 4.74 Å². The second-order valence-corrected chi connectivity index (χ2v) is 5.64. The standard InChI is InChI=1S/C13H19NOS/c1-10-8-16-9-12(10)14-6-7-15-13-5-3-2-4-11(13)14/h8-9,11,13H,2-7H2,1H3/t11-,13-/m1/s1. The van der Waals surface area contributed by atoms with Crippen LogP contribution in [0.4, 0.5) is 5.69 Å². The summed E-state index contributed by atoms with van der Waals surface area (Å²) in [6, 6.07) is 0.635. The van der Waals surface area contributed by atoms with Crippen molar-refractivity contribution in [1.82, 2.24) is 0 Å². The summed E-state index contributed by atoms with van der Waals surface area (Å²) in [5, 5.41) is 4.55. The van der Waals surface area contributed by atoms with Crippen molar-refractivity contribution in [3.05, 3.63) is 16.3 Å². The molecule has 1 aliphatic heterocycles. The fraction of sp³-hybridized carbons (Fsp3) is 0.692. The Kier molecular flexibility index (Phi) is 2.90. The van der Waals surface area contributed by atoms with Crippen molar-refractivity contribution in [3.8, 4) is 0 Å². The Morgan fingerprint density at radius 1 is 1.31 bits per heavy atom. The number of hydrogen-bond acceptors (Lipinski definition) is 3. The Hall–Kier alpha value is -0.540. The van der Waals surface area contributed by atoms with Crippen LogP contribution in [0.5, 0.6) is 0 Å². The first-order chi connectivity index (χ1) is 7.86. The largest absolute Gasteiger partial charge is 0.374 e. The van der Waals surface area contributed by atoms with Gasteiger partial charge < -0.3 is 9.64 Å². The van der Waals surface area contributed by atoms with Gasteiger partial charge >= 0.3 is 0 Å². The van der Waals surface area contributed by atoms with E-state index < -0.39 is 0 Å². The Balaban J connectivity index is 1.86. The average molecular weight is 237 g/mol. The predicted octanol–water partition coefficient (Wildman–Crippen LogP) is 3.20. The molecule has 2 aliphatic rings. The lowest BCUT2D eigenvalue weighted by molar-refractivity contribution is -0.00868. The van der Waals surface area contributed by atoms with E-state index in [1.165, 1.54) is 36.9 Å². The SMILES string of the molecule is Cc1cscc1N1CCO[C@@H]2CCCC[C@H]21. The van der Waals surface area contributed by atoms with Crippen LogP contribution in [0.15, 0.2) is 10.8 Å². The predicted molar refractivity (Wildman–Crippen MR) is 68.4 cm³/mol. The van der Waals surface area contributed by atoms with Crippen LogP contribution in [-0.4, -0.2) is 25.3 Å². The number of hydrogen-bond donors (Lipinski definition) is 0. The molecule has 0 bridgehead atoms. The third kappa shape index (κ3) is 1.76. The molecule has 0 N–H and O–H groups in total. The van der Waals surface area contributed by atoms with Crippen LogP contribution in [0.25, 0.3) is 0 Å². The number of thiophene rings is 1. The highest BCUT2D eigenvalue weighted by atomic mass is 32.1. The molecule has 88 valence electrons. The van der Waals surface area contributed by atoms with Gasteiger partial charge in [-0.25, -0.2) is 0 Å². The van der Waals surface area contributed by atoms with Gasteiger partial charge in [0.05, 0.1) is 24.4 Å². The maximum absolute atomic E-state index is 5.91. The minimum atomic E-state index is 0.488. The highest BCUT2D eigenvalue weighted by molar-refractivity contribution is 7.08. The molecule has 2 nitrogen and oxygen atoms in total. The minimum Gasteiger partial charge on any atom is -0.374 e. The van der Waals surface area contributed by atoms with E-state index in [-0.39, 0.29) is 0 Å². The summed E-state index contributed by atoms with van der Waals surface area (Å²) in [4.78, 5) is 2.60. The van der Waals surface area contributed by atoms with Gasteiger partial charge in [0.15, 0.2) is 0 Å². The molecule has 3 heteroatoms. The average Bonchev–Trinajstić information content (AvgIpc) is 2.75. The number of anilines is 1. The molecule has 2 atom stereocenters. The first kappa shape index (κ1) is 10.6. The number of ether oxygens (including phenoxy) is 1. The van der Waals surface area contributed by atoms with Crippen molar-refractivity contribution in [2.45, 2.75) is 44.8 Å². The molecular weight excluding hydrogens is 218 g/mol. The van der Waals surface area contributed by atoms with Gasteiger partial charge in [-0.3, -0.25) is 0 Å². The summed E-state index contributed by atoms with van der Waals surface area (Å²) in [6.45, 7) is 4.19. The molecule has 1 aromatic heterocycles. The molecule has 0 aromatic carbocycles. The number of aryl methyl sites for hydroxylation is 1. The second-order valence-electron chi connectivity index (χ2n) is 4.89. The number of morpholine rings is 1. The Morgan fingerprint density at radius 3 is 3.00 bits per heavy atom. The Labute approximate surface area is 101 Å². The van der Waals surface area contributed by atoms with Crippen LogP contribution < -0.4 is 4.90 Å². The first-order valence-corrected chi connectivity index (χ1v) is 7.21. The van der Waals surface area contributed by atoms with Crippen molar-refractivity contribution in [2.75, 3.05) is 18.1 Å². The monoisotopic (exact) mass is 237 g/mol. The zero-order valence-corrected chi connectivity index (χ0v) is 10.6. The van der Waals surface area contributed by atoms with Gasteiger partial charge in [-0.2, -0.15) is 0 Å². The maximum Gasteiger partial charge on any atom is 0.0779 e. The molecule has 0 spiro atoms. The summed E-state index contributed by atoms with van der Waals surface area (Å²) < 4.78 is 5.91. The molecule has 16 heavy (non-hydrogen) atoms. The van der Waals surface area contributed by atoms with Gasteiger partial charge in [0.25, 0.3) is 0 Å². The van der Waals surface area contributed by atoms with E-state index in [2.05, 4.69) is 22.6 Å². The highest BCUT2D eigenvalue weighted by Gasteiger charge is 2.34. The van der Waals surface area contributed by atoms with E-state index in [4.69, 9.17) is 4.74 Å². The first-order valence-electron chi connectivity index (χ1n) is 6.27. The lowest BCUT2D eigenvalue weighted by Crippen LogP contribution is -2.52. The van der Waals surface area contributed by atoms with Gasteiger partial charge in [0.1, 0.15) is 0 Å². The van der Waals surface area contributed by atoms with Crippen LogP contribution >= 0.6 is 11.3 Å². The van der Waals surface area contributed by atoms with Gasteiger partial charge in [0.2, 0.25) is 0 Å². The smallest absolute Gasteiger partial charge is 0.0779 e. The molecule has 1 saturated carbocycles. The van der Waals surface area contributed by atoms with Crippen LogP contribution in [0.2, 0.25) is 0 Å². The van der Waals surface area contributed by atoms with E-state index in [0.29, 0.717) is 12.1 Å². The van der Waals surface area contributed by atoms with Gasteiger partial charge in [-0.05, 0) is 30.7 Å². The summed E-state index contributed by atoms with van der Waals surface area (Å²) in [6.07, 6.45) is 5.76. The van der Waals surface area contributed by atoms with Crippen molar-refractivity contribution >= 4 is 17.0 Å². The normalized spacial score (nSPS) is 30.2. The quantitative estimate of drug-likeness (QED) is 0.743. The lowest BCUT2D eigenvalue weighted by atomic mass is 9.90. The minimum absolute atomic E-state index is 0.488. The summed E-state index contributed by atoms with van der Waals surface area (Å²) in [5.41, 5.74) is 2.88. The number of fused-ring (bicyclic) bond motifs is 1. The zero-order chi connectivity index (χ0) is 11.0. The van der Waals surface area contributed by atoms with E-state index in [9.17, 15) is 0 Å². The van der Waals surface area contributed by atoms with Gasteiger partial charge in [-0.1, -0.05) is 12.8 Å². The topological polar surface area (TPSA) is 12.5 Å². The second kappa shape index (κ2) is 4.38.